The van der Waals surface area contributed by atoms with Crippen LogP contribution in [0.15, 0.2) is 30.3 Å². The van der Waals surface area contributed by atoms with Gasteiger partial charge in [-0.05, 0) is 36.2 Å². The second kappa shape index (κ2) is 6.43. The minimum absolute atomic E-state index is 0.132. The van der Waals surface area contributed by atoms with Crippen molar-refractivity contribution in [2.24, 2.45) is 0 Å². The highest BCUT2D eigenvalue weighted by Gasteiger charge is 2.08. The van der Waals surface area contributed by atoms with Crippen LogP contribution < -0.4 is 14.8 Å². The summed E-state index contributed by atoms with van der Waals surface area (Å²) in [5, 5.41) is 2.87. The highest BCUT2D eigenvalue weighted by Crippen LogP contribution is 2.28. The van der Waals surface area contributed by atoms with Gasteiger partial charge in [0, 0.05) is 12.6 Å². The Morgan fingerprint density at radius 2 is 1.67 bits per heavy atom. The molecule has 0 amide bonds. The van der Waals surface area contributed by atoms with Crippen LogP contribution in [0.3, 0.4) is 0 Å². The summed E-state index contributed by atoms with van der Waals surface area (Å²) < 4.78 is 37.5. The fourth-order valence-corrected chi connectivity index (χ4v) is 1.97. The molecule has 0 bridgehead atoms. The van der Waals surface area contributed by atoms with Gasteiger partial charge in [0.15, 0.2) is 11.5 Å². The molecule has 2 aromatic carbocycles. The second-order valence-electron chi connectivity index (χ2n) is 4.62. The van der Waals surface area contributed by atoms with E-state index in [0.717, 1.165) is 11.6 Å². The molecule has 0 heterocycles. The Kier molecular flexibility index (Phi) is 4.62. The normalized spacial score (nSPS) is 10.3. The zero-order valence-corrected chi connectivity index (χ0v) is 12.2. The maximum Gasteiger partial charge on any atom is 0.161 e. The molecule has 2 rings (SSSR count). The molecule has 0 unspecified atom stereocenters. The number of hydrogen-bond donors (Lipinski definition) is 1. The monoisotopic (exact) mass is 293 g/mol. The zero-order chi connectivity index (χ0) is 15.4. The molecular weight excluding hydrogens is 276 g/mol. The van der Waals surface area contributed by atoms with E-state index < -0.39 is 11.6 Å². The molecule has 0 spiro atoms. The number of benzene rings is 2. The Bertz CT molecular complexity index is 644. The molecule has 0 aliphatic rings. The van der Waals surface area contributed by atoms with Crippen molar-refractivity contribution in [3.8, 4) is 11.5 Å². The average Bonchev–Trinajstić information content (AvgIpc) is 2.49. The molecule has 0 radical (unpaired) electrons. The first kappa shape index (κ1) is 15.1. The van der Waals surface area contributed by atoms with Gasteiger partial charge in [-0.3, -0.25) is 0 Å². The van der Waals surface area contributed by atoms with Crippen LogP contribution in [-0.4, -0.2) is 14.2 Å². The van der Waals surface area contributed by atoms with E-state index in [4.69, 9.17) is 9.47 Å². The fourth-order valence-electron chi connectivity index (χ4n) is 1.97. The predicted molar refractivity (Wildman–Crippen MR) is 78.0 cm³/mol. The Morgan fingerprint density at radius 3 is 2.33 bits per heavy atom. The van der Waals surface area contributed by atoms with Gasteiger partial charge in [0.25, 0.3) is 0 Å². The van der Waals surface area contributed by atoms with Gasteiger partial charge in [0.1, 0.15) is 11.6 Å². The number of methoxy groups -OCH3 is 2. The van der Waals surface area contributed by atoms with Crippen molar-refractivity contribution in [2.75, 3.05) is 19.5 Å². The molecular formula is C16H17F2NO2. The summed E-state index contributed by atoms with van der Waals surface area (Å²) in [7, 11) is 3.10. The molecule has 0 saturated heterocycles. The molecule has 0 saturated carbocycles. The minimum atomic E-state index is -0.477. The fraction of sp³-hybridized carbons (Fsp3) is 0.250. The van der Waals surface area contributed by atoms with Gasteiger partial charge in [-0.15, -0.1) is 0 Å². The first-order valence-corrected chi connectivity index (χ1v) is 6.45. The van der Waals surface area contributed by atoms with E-state index in [0.29, 0.717) is 18.0 Å². The van der Waals surface area contributed by atoms with Crippen LogP contribution >= 0.6 is 0 Å². The van der Waals surface area contributed by atoms with Crippen molar-refractivity contribution in [3.63, 3.8) is 0 Å². The van der Waals surface area contributed by atoms with E-state index in [1.54, 1.807) is 26.4 Å². The predicted octanol–water partition coefficient (Wildman–Crippen LogP) is 3.90. The molecule has 21 heavy (non-hydrogen) atoms. The third-order valence-electron chi connectivity index (χ3n) is 3.18. The smallest absolute Gasteiger partial charge is 0.161 e. The largest absolute Gasteiger partial charge is 0.493 e. The number of aryl methyl sites for hydroxylation is 1. The van der Waals surface area contributed by atoms with Crippen LogP contribution in [-0.2, 0) is 6.54 Å². The second-order valence-corrected chi connectivity index (χ2v) is 4.62. The molecule has 0 atom stereocenters. The number of anilines is 1. The minimum Gasteiger partial charge on any atom is -0.493 e. The van der Waals surface area contributed by atoms with Crippen molar-refractivity contribution in [2.45, 2.75) is 13.5 Å². The lowest BCUT2D eigenvalue weighted by Crippen LogP contribution is -2.03. The summed E-state index contributed by atoms with van der Waals surface area (Å²) >= 11 is 0. The van der Waals surface area contributed by atoms with E-state index in [2.05, 4.69) is 5.32 Å². The van der Waals surface area contributed by atoms with Crippen LogP contribution in [0.5, 0.6) is 11.5 Å². The van der Waals surface area contributed by atoms with Gasteiger partial charge in [0.05, 0.1) is 19.9 Å². The van der Waals surface area contributed by atoms with Crippen LogP contribution in [0.25, 0.3) is 0 Å². The van der Waals surface area contributed by atoms with Crippen LogP contribution in [0.4, 0.5) is 14.5 Å². The SMILES string of the molecule is COc1ccc(CNc2cc(F)c(C)cc2F)cc1OC. The summed E-state index contributed by atoms with van der Waals surface area (Å²) in [4.78, 5) is 0. The lowest BCUT2D eigenvalue weighted by molar-refractivity contribution is 0.354. The molecule has 1 N–H and O–H groups in total. The van der Waals surface area contributed by atoms with Crippen LogP contribution in [0, 0.1) is 18.6 Å². The van der Waals surface area contributed by atoms with E-state index in [-0.39, 0.29) is 11.3 Å². The van der Waals surface area contributed by atoms with Crippen molar-refractivity contribution in [1.82, 2.24) is 0 Å². The topological polar surface area (TPSA) is 30.5 Å². The molecule has 2 aromatic rings. The highest BCUT2D eigenvalue weighted by atomic mass is 19.1. The first-order valence-electron chi connectivity index (χ1n) is 6.45. The van der Waals surface area contributed by atoms with Crippen LogP contribution in [0.2, 0.25) is 0 Å². The quantitative estimate of drug-likeness (QED) is 0.907. The molecule has 5 heteroatoms. The molecule has 112 valence electrons. The Labute approximate surface area is 122 Å². The summed E-state index contributed by atoms with van der Waals surface area (Å²) in [6.45, 7) is 1.87. The summed E-state index contributed by atoms with van der Waals surface area (Å²) in [6.07, 6.45) is 0. The Morgan fingerprint density at radius 1 is 0.952 bits per heavy atom. The Hall–Kier alpha value is -2.30. The van der Waals surface area contributed by atoms with Gasteiger partial charge in [-0.1, -0.05) is 6.07 Å². The number of hydrogen-bond acceptors (Lipinski definition) is 3. The third kappa shape index (κ3) is 3.42. The van der Waals surface area contributed by atoms with Crippen molar-refractivity contribution in [3.05, 3.63) is 53.1 Å². The van der Waals surface area contributed by atoms with Gasteiger partial charge in [0.2, 0.25) is 0 Å². The molecule has 3 nitrogen and oxygen atoms in total. The van der Waals surface area contributed by atoms with Crippen LogP contribution in [0.1, 0.15) is 11.1 Å². The molecule has 0 fully saturated rings. The summed E-state index contributed by atoms with van der Waals surface area (Å²) in [6, 6.07) is 7.71. The maximum atomic E-state index is 13.7. The van der Waals surface area contributed by atoms with E-state index >= 15 is 0 Å². The number of rotatable bonds is 5. The zero-order valence-electron chi connectivity index (χ0n) is 12.2. The van der Waals surface area contributed by atoms with E-state index in [1.807, 2.05) is 6.07 Å². The van der Waals surface area contributed by atoms with Gasteiger partial charge < -0.3 is 14.8 Å². The number of ether oxygens (including phenoxy) is 2. The van der Waals surface area contributed by atoms with Gasteiger partial charge in [-0.2, -0.15) is 0 Å². The lowest BCUT2D eigenvalue weighted by atomic mass is 10.1. The highest BCUT2D eigenvalue weighted by molar-refractivity contribution is 5.49. The van der Waals surface area contributed by atoms with Crippen molar-refractivity contribution in [1.29, 1.82) is 0 Å². The lowest BCUT2D eigenvalue weighted by Gasteiger charge is -2.12. The number of nitrogens with one attached hydrogen (secondary N) is 1. The third-order valence-corrected chi connectivity index (χ3v) is 3.18. The molecule has 0 aliphatic heterocycles. The maximum absolute atomic E-state index is 13.7. The van der Waals surface area contributed by atoms with Crippen molar-refractivity contribution >= 4 is 5.69 Å². The average molecular weight is 293 g/mol. The summed E-state index contributed by atoms with van der Waals surface area (Å²) in [5.41, 5.74) is 1.28. The van der Waals surface area contributed by atoms with E-state index in [9.17, 15) is 8.78 Å². The van der Waals surface area contributed by atoms with Crippen molar-refractivity contribution < 1.29 is 18.3 Å². The van der Waals surface area contributed by atoms with E-state index in [1.165, 1.54) is 13.0 Å². The summed E-state index contributed by atoms with van der Waals surface area (Å²) in [5.74, 6) is 0.293. The molecule has 0 aliphatic carbocycles. The van der Waals surface area contributed by atoms with Gasteiger partial charge >= 0.3 is 0 Å². The van der Waals surface area contributed by atoms with Gasteiger partial charge in [-0.25, -0.2) is 8.78 Å². The standard InChI is InChI=1S/C16H17F2NO2/c1-10-6-13(18)14(8-12(10)17)19-9-11-4-5-15(20-2)16(7-11)21-3/h4-8,19H,9H2,1-3H3. The molecule has 0 aromatic heterocycles. The first-order chi connectivity index (χ1) is 10.0. The Balaban J connectivity index is 2.15. The number of halogens is 2.